The number of hydrogen-bond acceptors (Lipinski definition) is 1. The summed E-state index contributed by atoms with van der Waals surface area (Å²) >= 11 is 0. The molecule has 0 unspecified atom stereocenters. The molecule has 0 atom stereocenters. The van der Waals surface area contributed by atoms with Crippen molar-refractivity contribution in [1.29, 1.82) is 0 Å². The Bertz CT molecular complexity index is 381. The highest BCUT2D eigenvalue weighted by atomic mass is 16.2. The van der Waals surface area contributed by atoms with E-state index in [-0.39, 0.29) is 0 Å². The summed E-state index contributed by atoms with van der Waals surface area (Å²) in [4.78, 5) is 13.9. The Morgan fingerprint density at radius 2 is 1.14 bits per heavy atom. The van der Waals surface area contributed by atoms with Gasteiger partial charge in [-0.25, -0.2) is 0 Å². The monoisotopic (exact) mass is 395 g/mol. The van der Waals surface area contributed by atoms with Crippen LogP contribution >= 0.6 is 0 Å². The molecular formula is C25H51N2O+. The smallest absolute Gasteiger partial charge is 0.226 e. The molecule has 166 valence electrons. The van der Waals surface area contributed by atoms with Gasteiger partial charge in [0.25, 0.3) is 0 Å². The molecule has 0 spiro atoms. The Morgan fingerprint density at radius 3 is 1.54 bits per heavy atom. The number of rotatable bonds is 19. The predicted octanol–water partition coefficient (Wildman–Crippen LogP) is 6.90. The third-order valence-corrected chi connectivity index (χ3v) is 6.34. The minimum Gasteiger partial charge on any atom is -0.311 e. The maximum absolute atomic E-state index is 11.8. The molecule has 1 amide bonds. The highest BCUT2D eigenvalue weighted by Gasteiger charge is 2.26. The minimum atomic E-state index is 0.359. The molecule has 1 saturated heterocycles. The van der Waals surface area contributed by atoms with E-state index in [4.69, 9.17) is 0 Å². The lowest BCUT2D eigenvalue weighted by molar-refractivity contribution is -0.899. The van der Waals surface area contributed by atoms with E-state index < -0.39 is 0 Å². The van der Waals surface area contributed by atoms with Crippen molar-refractivity contribution < 1.29 is 9.28 Å². The van der Waals surface area contributed by atoms with Crippen molar-refractivity contribution in [3.8, 4) is 0 Å². The lowest BCUT2D eigenvalue weighted by Crippen LogP contribution is -2.49. The number of likely N-dealkylation sites (tertiary alicyclic amines) is 1. The lowest BCUT2D eigenvalue weighted by Gasteiger charge is -2.33. The van der Waals surface area contributed by atoms with Crippen LogP contribution in [0.2, 0.25) is 0 Å². The van der Waals surface area contributed by atoms with Crippen molar-refractivity contribution in [3.05, 3.63) is 0 Å². The Labute approximate surface area is 176 Å². The lowest BCUT2D eigenvalue weighted by atomic mass is 10.0. The van der Waals surface area contributed by atoms with Crippen LogP contribution in [0.5, 0.6) is 0 Å². The quantitative estimate of drug-likeness (QED) is 0.172. The maximum Gasteiger partial charge on any atom is 0.226 e. The Balaban J connectivity index is 1.81. The van der Waals surface area contributed by atoms with Gasteiger partial charge in [-0.3, -0.25) is 9.69 Å². The third kappa shape index (κ3) is 13.6. The SMILES string of the molecule is CCCCCCCCCCCCCCCCCC[N+](C)(C)CN1CCCC1=O. The van der Waals surface area contributed by atoms with Crippen molar-refractivity contribution in [1.82, 2.24) is 4.90 Å². The van der Waals surface area contributed by atoms with Crippen molar-refractivity contribution >= 4 is 5.91 Å². The van der Waals surface area contributed by atoms with Crippen LogP contribution in [-0.2, 0) is 4.79 Å². The second-order valence-electron chi connectivity index (χ2n) is 9.86. The van der Waals surface area contributed by atoms with Gasteiger partial charge in [0.2, 0.25) is 5.91 Å². The van der Waals surface area contributed by atoms with Gasteiger partial charge >= 0.3 is 0 Å². The van der Waals surface area contributed by atoms with Crippen LogP contribution in [0.1, 0.15) is 122 Å². The van der Waals surface area contributed by atoms with Crippen LogP contribution in [0, 0.1) is 0 Å². The number of carbonyl (C=O) groups is 1. The second kappa shape index (κ2) is 16.3. The van der Waals surface area contributed by atoms with Crippen LogP contribution in [0.3, 0.4) is 0 Å². The van der Waals surface area contributed by atoms with E-state index in [1.165, 1.54) is 109 Å². The fourth-order valence-electron chi connectivity index (χ4n) is 4.47. The molecule has 1 heterocycles. The van der Waals surface area contributed by atoms with Crippen molar-refractivity contribution in [2.45, 2.75) is 122 Å². The number of nitrogens with zero attached hydrogens (tertiary/aromatic N) is 2. The summed E-state index contributed by atoms with van der Waals surface area (Å²) in [6.07, 6.45) is 24.6. The van der Waals surface area contributed by atoms with E-state index in [2.05, 4.69) is 25.9 Å². The zero-order valence-corrected chi connectivity index (χ0v) is 19.7. The largest absolute Gasteiger partial charge is 0.311 e. The predicted molar refractivity (Wildman–Crippen MR) is 122 cm³/mol. The summed E-state index contributed by atoms with van der Waals surface area (Å²) in [5.41, 5.74) is 0. The summed E-state index contributed by atoms with van der Waals surface area (Å²) in [7, 11) is 4.55. The molecule has 0 saturated carbocycles. The van der Waals surface area contributed by atoms with Crippen molar-refractivity contribution in [2.75, 3.05) is 33.9 Å². The standard InChI is InChI=1S/C25H51N2O/c1-4-5-6-7-8-9-10-11-12-13-14-15-16-17-18-19-23-27(2,3)24-26-22-20-21-25(26)28/h4-24H2,1-3H3/q+1. The van der Waals surface area contributed by atoms with E-state index >= 15 is 0 Å². The minimum absolute atomic E-state index is 0.359. The molecule has 0 aliphatic carbocycles. The molecule has 1 fully saturated rings. The van der Waals surface area contributed by atoms with E-state index in [1.54, 1.807) is 0 Å². The molecule has 0 N–H and O–H groups in total. The molecule has 0 radical (unpaired) electrons. The maximum atomic E-state index is 11.8. The fourth-order valence-corrected chi connectivity index (χ4v) is 4.47. The number of amides is 1. The molecule has 0 aromatic carbocycles. The van der Waals surface area contributed by atoms with Gasteiger partial charge in [0.05, 0.1) is 20.6 Å². The van der Waals surface area contributed by atoms with Gasteiger partial charge in [-0.05, 0) is 19.3 Å². The van der Waals surface area contributed by atoms with Crippen molar-refractivity contribution in [2.24, 2.45) is 0 Å². The van der Waals surface area contributed by atoms with Crippen LogP contribution in [0.25, 0.3) is 0 Å². The van der Waals surface area contributed by atoms with Crippen LogP contribution in [0.15, 0.2) is 0 Å². The van der Waals surface area contributed by atoms with E-state index in [1.807, 2.05) is 0 Å². The zero-order valence-electron chi connectivity index (χ0n) is 19.7. The first-order chi connectivity index (χ1) is 13.5. The molecule has 1 aliphatic heterocycles. The van der Waals surface area contributed by atoms with E-state index in [0.717, 1.165) is 30.5 Å². The summed E-state index contributed by atoms with van der Waals surface area (Å²) in [6.45, 7) is 5.36. The molecule has 0 aromatic heterocycles. The topological polar surface area (TPSA) is 20.3 Å². The van der Waals surface area contributed by atoms with E-state index in [9.17, 15) is 4.79 Å². The molecule has 0 aromatic rings. The first-order valence-corrected chi connectivity index (χ1v) is 12.6. The van der Waals surface area contributed by atoms with Crippen LogP contribution < -0.4 is 0 Å². The van der Waals surface area contributed by atoms with Gasteiger partial charge in [-0.2, -0.15) is 0 Å². The Morgan fingerprint density at radius 1 is 0.714 bits per heavy atom. The number of unbranched alkanes of at least 4 members (excludes halogenated alkanes) is 15. The zero-order chi connectivity index (χ0) is 20.5. The average molecular weight is 396 g/mol. The van der Waals surface area contributed by atoms with Gasteiger partial charge in [-0.15, -0.1) is 0 Å². The molecular weight excluding hydrogens is 344 g/mol. The fraction of sp³-hybridized carbons (Fsp3) is 0.960. The molecule has 28 heavy (non-hydrogen) atoms. The Kier molecular flexibility index (Phi) is 14.8. The summed E-state index contributed by atoms with van der Waals surface area (Å²) < 4.78 is 0.963. The number of hydrogen-bond donors (Lipinski definition) is 0. The molecule has 0 bridgehead atoms. The number of carbonyl (C=O) groups excluding carboxylic acids is 1. The molecule has 3 heteroatoms. The Hall–Kier alpha value is -0.570. The highest BCUT2D eigenvalue weighted by molar-refractivity contribution is 5.77. The first kappa shape index (κ1) is 25.5. The van der Waals surface area contributed by atoms with Gasteiger partial charge in [-0.1, -0.05) is 96.8 Å². The average Bonchev–Trinajstić information content (AvgIpc) is 3.05. The normalized spacial score (nSPS) is 15.0. The van der Waals surface area contributed by atoms with Crippen LogP contribution in [-0.4, -0.2) is 49.1 Å². The van der Waals surface area contributed by atoms with Gasteiger partial charge < -0.3 is 4.48 Å². The van der Waals surface area contributed by atoms with Crippen molar-refractivity contribution in [3.63, 3.8) is 0 Å². The first-order valence-electron chi connectivity index (χ1n) is 12.6. The highest BCUT2D eigenvalue weighted by Crippen LogP contribution is 2.16. The summed E-state index contributed by atoms with van der Waals surface area (Å²) in [5.74, 6) is 0.359. The van der Waals surface area contributed by atoms with Crippen LogP contribution in [0.4, 0.5) is 0 Å². The van der Waals surface area contributed by atoms with E-state index in [0.29, 0.717) is 5.91 Å². The van der Waals surface area contributed by atoms with Gasteiger partial charge in [0.15, 0.2) is 6.67 Å². The summed E-state index contributed by atoms with van der Waals surface area (Å²) in [5, 5.41) is 0. The van der Waals surface area contributed by atoms with Gasteiger partial charge in [0, 0.05) is 13.0 Å². The number of quaternary nitrogens is 1. The second-order valence-corrected chi connectivity index (χ2v) is 9.86. The third-order valence-electron chi connectivity index (χ3n) is 6.34. The summed E-state index contributed by atoms with van der Waals surface area (Å²) in [6, 6.07) is 0. The molecule has 1 rings (SSSR count). The molecule has 1 aliphatic rings. The molecule has 3 nitrogen and oxygen atoms in total. The van der Waals surface area contributed by atoms with Gasteiger partial charge in [0.1, 0.15) is 0 Å².